The minimum atomic E-state index is 0.0312. The van der Waals surface area contributed by atoms with Crippen LogP contribution in [0.15, 0.2) is 60.9 Å². The molecule has 0 radical (unpaired) electrons. The van der Waals surface area contributed by atoms with Gasteiger partial charge in [0.2, 0.25) is 0 Å². The van der Waals surface area contributed by atoms with Crippen molar-refractivity contribution in [2.45, 2.75) is 6.92 Å². The van der Waals surface area contributed by atoms with Gasteiger partial charge in [0.1, 0.15) is 0 Å². The van der Waals surface area contributed by atoms with E-state index < -0.39 is 0 Å². The van der Waals surface area contributed by atoms with Crippen molar-refractivity contribution in [3.8, 4) is 11.3 Å². The Morgan fingerprint density at radius 1 is 0.926 bits per heavy atom. The minimum absolute atomic E-state index is 0.0312. The van der Waals surface area contributed by atoms with Crippen LogP contribution >= 0.6 is 0 Å². The number of benzene rings is 1. The molecule has 0 bridgehead atoms. The van der Waals surface area contributed by atoms with Crippen LogP contribution in [0.25, 0.3) is 11.3 Å². The molecule has 27 heavy (non-hydrogen) atoms. The van der Waals surface area contributed by atoms with E-state index in [0.717, 1.165) is 30.2 Å². The zero-order valence-electron chi connectivity index (χ0n) is 15.2. The predicted octanol–water partition coefficient (Wildman–Crippen LogP) is 2.81. The molecule has 0 saturated carbocycles. The fourth-order valence-corrected chi connectivity index (χ4v) is 3.31. The largest absolute Gasteiger partial charge is 0.352 e. The van der Waals surface area contributed by atoms with Crippen molar-refractivity contribution in [2.75, 3.05) is 31.1 Å². The Labute approximate surface area is 158 Å². The molecule has 0 aliphatic carbocycles. The molecule has 0 spiro atoms. The zero-order chi connectivity index (χ0) is 18.6. The van der Waals surface area contributed by atoms with Crippen LogP contribution in [0.2, 0.25) is 0 Å². The molecular formula is C21H21N5O. The zero-order valence-corrected chi connectivity index (χ0v) is 15.2. The molecule has 6 heteroatoms. The van der Waals surface area contributed by atoms with Crippen molar-refractivity contribution >= 4 is 11.7 Å². The first-order valence-corrected chi connectivity index (χ1v) is 9.06. The highest BCUT2D eigenvalue weighted by Gasteiger charge is 2.23. The Kier molecular flexibility index (Phi) is 4.78. The molecule has 1 aliphatic rings. The molecule has 0 unspecified atom stereocenters. The van der Waals surface area contributed by atoms with Gasteiger partial charge in [-0.1, -0.05) is 24.3 Å². The number of nitrogens with zero attached hydrogens (tertiary/aromatic N) is 5. The number of aryl methyl sites for hydroxylation is 1. The van der Waals surface area contributed by atoms with Crippen molar-refractivity contribution in [2.24, 2.45) is 0 Å². The van der Waals surface area contributed by atoms with Crippen LogP contribution in [0.5, 0.6) is 0 Å². The lowest BCUT2D eigenvalue weighted by molar-refractivity contribution is 0.0746. The third kappa shape index (κ3) is 3.65. The van der Waals surface area contributed by atoms with Gasteiger partial charge < -0.3 is 9.80 Å². The molecule has 1 aliphatic heterocycles. The van der Waals surface area contributed by atoms with E-state index in [1.54, 1.807) is 24.5 Å². The van der Waals surface area contributed by atoms with E-state index >= 15 is 0 Å². The number of hydrogen-bond donors (Lipinski definition) is 0. The minimum Gasteiger partial charge on any atom is -0.352 e. The summed E-state index contributed by atoms with van der Waals surface area (Å²) >= 11 is 0. The Bertz CT molecular complexity index is 919. The summed E-state index contributed by atoms with van der Waals surface area (Å²) in [6, 6.07) is 15.8. The number of rotatable bonds is 3. The number of carbonyl (C=O) groups is 1. The number of carbonyl (C=O) groups excluding carboxylic acids is 1. The predicted molar refractivity (Wildman–Crippen MR) is 105 cm³/mol. The average Bonchev–Trinajstić information content (AvgIpc) is 2.74. The van der Waals surface area contributed by atoms with Gasteiger partial charge in [-0.3, -0.25) is 9.78 Å². The monoisotopic (exact) mass is 359 g/mol. The highest BCUT2D eigenvalue weighted by Crippen LogP contribution is 2.22. The Balaban J connectivity index is 1.41. The quantitative estimate of drug-likeness (QED) is 0.720. The Hall–Kier alpha value is -3.28. The van der Waals surface area contributed by atoms with Gasteiger partial charge in [0, 0.05) is 44.1 Å². The maximum Gasteiger partial charge on any atom is 0.255 e. The SMILES string of the molecule is Cc1ccccc1-c1ccc(N2CCN(C(=O)c3cccnc3)CC2)nn1. The normalized spacial score (nSPS) is 14.3. The lowest BCUT2D eigenvalue weighted by Crippen LogP contribution is -2.49. The van der Waals surface area contributed by atoms with Crippen molar-refractivity contribution in [3.05, 3.63) is 72.1 Å². The molecule has 1 saturated heterocycles. The smallest absolute Gasteiger partial charge is 0.255 e. The summed E-state index contributed by atoms with van der Waals surface area (Å²) in [5.74, 6) is 0.879. The summed E-state index contributed by atoms with van der Waals surface area (Å²) in [7, 11) is 0. The molecule has 1 amide bonds. The number of piperazine rings is 1. The topological polar surface area (TPSA) is 62.2 Å². The summed E-state index contributed by atoms with van der Waals surface area (Å²) in [4.78, 5) is 20.6. The maximum absolute atomic E-state index is 12.5. The standard InChI is InChI=1S/C21H21N5O/c1-16-5-2-3-7-18(16)19-8-9-20(24-23-19)25-11-13-26(14-12-25)21(27)17-6-4-10-22-15-17/h2-10,15H,11-14H2,1H3. The molecule has 4 rings (SSSR count). The van der Waals surface area contributed by atoms with Gasteiger partial charge in [0.05, 0.1) is 11.3 Å². The molecule has 6 nitrogen and oxygen atoms in total. The van der Waals surface area contributed by atoms with Gasteiger partial charge in [0.15, 0.2) is 5.82 Å². The summed E-state index contributed by atoms with van der Waals surface area (Å²) in [6.45, 7) is 4.88. The molecule has 136 valence electrons. The van der Waals surface area contributed by atoms with Gasteiger partial charge >= 0.3 is 0 Å². The van der Waals surface area contributed by atoms with E-state index in [4.69, 9.17) is 0 Å². The summed E-state index contributed by atoms with van der Waals surface area (Å²) in [5, 5.41) is 8.82. The van der Waals surface area contributed by atoms with Crippen LogP contribution in [0.1, 0.15) is 15.9 Å². The summed E-state index contributed by atoms with van der Waals surface area (Å²) in [6.07, 6.45) is 3.29. The average molecular weight is 359 g/mol. The van der Waals surface area contributed by atoms with Crippen molar-refractivity contribution < 1.29 is 4.79 Å². The van der Waals surface area contributed by atoms with E-state index in [1.807, 2.05) is 29.2 Å². The first-order chi connectivity index (χ1) is 13.2. The summed E-state index contributed by atoms with van der Waals surface area (Å²) in [5.41, 5.74) is 3.79. The van der Waals surface area contributed by atoms with Crippen LogP contribution in [0, 0.1) is 6.92 Å². The maximum atomic E-state index is 12.5. The molecule has 1 fully saturated rings. The Morgan fingerprint density at radius 2 is 1.74 bits per heavy atom. The van der Waals surface area contributed by atoms with Gasteiger partial charge in [-0.25, -0.2) is 0 Å². The number of amides is 1. The summed E-state index contributed by atoms with van der Waals surface area (Å²) < 4.78 is 0. The van der Waals surface area contributed by atoms with Crippen molar-refractivity contribution in [3.63, 3.8) is 0 Å². The van der Waals surface area contributed by atoms with E-state index in [-0.39, 0.29) is 5.91 Å². The number of pyridine rings is 1. The van der Waals surface area contributed by atoms with Crippen LogP contribution in [0.4, 0.5) is 5.82 Å². The first-order valence-electron chi connectivity index (χ1n) is 9.06. The lowest BCUT2D eigenvalue weighted by Gasteiger charge is -2.35. The number of aromatic nitrogens is 3. The second kappa shape index (κ2) is 7.53. The van der Waals surface area contributed by atoms with E-state index in [2.05, 4.69) is 39.1 Å². The van der Waals surface area contributed by atoms with Gasteiger partial charge in [-0.05, 0) is 36.8 Å². The van der Waals surface area contributed by atoms with Crippen LogP contribution in [-0.4, -0.2) is 52.2 Å². The second-order valence-electron chi connectivity index (χ2n) is 6.61. The first kappa shape index (κ1) is 17.1. The fourth-order valence-electron chi connectivity index (χ4n) is 3.31. The van der Waals surface area contributed by atoms with E-state index in [0.29, 0.717) is 18.7 Å². The van der Waals surface area contributed by atoms with Crippen molar-refractivity contribution in [1.82, 2.24) is 20.1 Å². The van der Waals surface area contributed by atoms with Gasteiger partial charge in [0.25, 0.3) is 5.91 Å². The lowest BCUT2D eigenvalue weighted by atomic mass is 10.1. The van der Waals surface area contributed by atoms with Crippen LogP contribution in [0.3, 0.4) is 0 Å². The molecule has 0 N–H and O–H groups in total. The van der Waals surface area contributed by atoms with Gasteiger partial charge in [-0.2, -0.15) is 0 Å². The van der Waals surface area contributed by atoms with E-state index in [1.165, 1.54) is 5.56 Å². The molecular weight excluding hydrogens is 338 g/mol. The third-order valence-electron chi connectivity index (χ3n) is 4.87. The highest BCUT2D eigenvalue weighted by atomic mass is 16.2. The Morgan fingerprint density at radius 3 is 2.41 bits per heavy atom. The number of hydrogen-bond acceptors (Lipinski definition) is 5. The third-order valence-corrected chi connectivity index (χ3v) is 4.87. The molecule has 3 aromatic rings. The second-order valence-corrected chi connectivity index (χ2v) is 6.61. The van der Waals surface area contributed by atoms with E-state index in [9.17, 15) is 4.79 Å². The van der Waals surface area contributed by atoms with Crippen LogP contribution in [-0.2, 0) is 0 Å². The molecule has 0 atom stereocenters. The van der Waals surface area contributed by atoms with Crippen molar-refractivity contribution in [1.29, 1.82) is 0 Å². The number of anilines is 1. The van der Waals surface area contributed by atoms with Gasteiger partial charge in [-0.15, -0.1) is 10.2 Å². The highest BCUT2D eigenvalue weighted by molar-refractivity contribution is 5.94. The fraction of sp³-hybridized carbons (Fsp3) is 0.238. The van der Waals surface area contributed by atoms with Crippen LogP contribution < -0.4 is 4.90 Å². The molecule has 3 heterocycles. The molecule has 2 aromatic heterocycles. The molecule has 1 aromatic carbocycles.